The molecule has 0 spiro atoms. The van der Waals surface area contributed by atoms with Crippen LogP contribution in [0.2, 0.25) is 10.0 Å². The van der Waals surface area contributed by atoms with Crippen LogP contribution in [-0.2, 0) is 19.3 Å². The minimum absolute atomic E-state index is 0.620. The molecule has 0 saturated heterocycles. The van der Waals surface area contributed by atoms with Gasteiger partial charge < -0.3 is 15.4 Å². The quantitative estimate of drug-likeness (QED) is 0.181. The number of rotatable bonds is 12. The lowest BCUT2D eigenvalue weighted by Gasteiger charge is -2.18. The van der Waals surface area contributed by atoms with Gasteiger partial charge in [0.1, 0.15) is 5.75 Å². The standard InChI is InChI=1S/C34H38Cl2N2O/c1-5-39-32-22-27(20-25(4)34(32)38-17-15-29-11-7-9-13-31(29)36)21-26-18-23(2)33(24(3)19-26)37-16-14-28-10-6-8-12-30(28)35/h6-13,18-20,22,37-38H,5,14-17,21H2,1-4H3. The first-order valence-electron chi connectivity index (χ1n) is 13.7. The Morgan fingerprint density at radius 2 is 1.10 bits per heavy atom. The predicted molar refractivity (Wildman–Crippen MR) is 168 cm³/mol. The fraction of sp³-hybridized carbons (Fsp3) is 0.294. The van der Waals surface area contributed by atoms with Gasteiger partial charge in [0.25, 0.3) is 0 Å². The van der Waals surface area contributed by atoms with Crippen molar-refractivity contribution in [3.8, 4) is 5.75 Å². The summed E-state index contributed by atoms with van der Waals surface area (Å²) >= 11 is 12.7. The number of hydrogen-bond acceptors (Lipinski definition) is 3. The maximum Gasteiger partial charge on any atom is 0.142 e. The summed E-state index contributed by atoms with van der Waals surface area (Å²) in [7, 11) is 0. The molecule has 39 heavy (non-hydrogen) atoms. The van der Waals surface area contributed by atoms with Crippen LogP contribution in [0.1, 0.15) is 45.9 Å². The first-order chi connectivity index (χ1) is 18.9. The minimum atomic E-state index is 0.620. The summed E-state index contributed by atoms with van der Waals surface area (Å²) in [6, 6.07) is 25.1. The predicted octanol–water partition coefficient (Wildman–Crippen LogP) is 9.22. The van der Waals surface area contributed by atoms with E-state index >= 15 is 0 Å². The fourth-order valence-corrected chi connectivity index (χ4v) is 5.60. The molecule has 0 amide bonds. The van der Waals surface area contributed by atoms with Crippen molar-refractivity contribution in [2.24, 2.45) is 0 Å². The summed E-state index contributed by atoms with van der Waals surface area (Å²) in [6.07, 6.45) is 2.59. The van der Waals surface area contributed by atoms with Gasteiger partial charge in [-0.05, 0) is 104 Å². The van der Waals surface area contributed by atoms with E-state index in [0.29, 0.717) is 6.61 Å². The molecule has 0 aliphatic heterocycles. The van der Waals surface area contributed by atoms with Crippen molar-refractivity contribution < 1.29 is 4.74 Å². The van der Waals surface area contributed by atoms with Crippen LogP contribution in [0.3, 0.4) is 0 Å². The van der Waals surface area contributed by atoms with E-state index in [4.69, 9.17) is 27.9 Å². The monoisotopic (exact) mass is 560 g/mol. The number of hydrogen-bond donors (Lipinski definition) is 2. The Hall–Kier alpha value is -3.14. The van der Waals surface area contributed by atoms with E-state index in [1.165, 1.54) is 39.1 Å². The van der Waals surface area contributed by atoms with Gasteiger partial charge in [-0.2, -0.15) is 0 Å². The van der Waals surface area contributed by atoms with E-state index in [9.17, 15) is 0 Å². The van der Waals surface area contributed by atoms with Crippen molar-refractivity contribution in [2.75, 3.05) is 30.3 Å². The highest BCUT2D eigenvalue weighted by molar-refractivity contribution is 6.31. The second-order valence-electron chi connectivity index (χ2n) is 10.0. The summed E-state index contributed by atoms with van der Waals surface area (Å²) in [4.78, 5) is 0. The average molecular weight is 562 g/mol. The molecule has 0 unspecified atom stereocenters. The molecular formula is C34H38Cl2N2O. The smallest absolute Gasteiger partial charge is 0.142 e. The average Bonchev–Trinajstić information content (AvgIpc) is 2.89. The highest BCUT2D eigenvalue weighted by Gasteiger charge is 2.12. The first kappa shape index (κ1) is 28.9. The topological polar surface area (TPSA) is 33.3 Å². The minimum Gasteiger partial charge on any atom is -0.492 e. The molecule has 4 aromatic carbocycles. The zero-order valence-electron chi connectivity index (χ0n) is 23.3. The maximum atomic E-state index is 6.34. The molecule has 0 heterocycles. The zero-order chi connectivity index (χ0) is 27.8. The van der Waals surface area contributed by atoms with Crippen molar-refractivity contribution in [1.29, 1.82) is 0 Å². The molecule has 4 aromatic rings. The fourth-order valence-electron chi connectivity index (χ4n) is 5.14. The number of nitrogens with one attached hydrogen (secondary N) is 2. The van der Waals surface area contributed by atoms with Crippen LogP contribution >= 0.6 is 23.2 Å². The largest absolute Gasteiger partial charge is 0.492 e. The van der Waals surface area contributed by atoms with E-state index in [2.05, 4.69) is 67.8 Å². The van der Waals surface area contributed by atoms with Gasteiger partial charge >= 0.3 is 0 Å². The molecule has 0 aromatic heterocycles. The Morgan fingerprint density at radius 3 is 1.62 bits per heavy atom. The molecule has 0 fully saturated rings. The van der Waals surface area contributed by atoms with Crippen LogP contribution in [0.4, 0.5) is 11.4 Å². The second kappa shape index (κ2) is 13.8. The van der Waals surface area contributed by atoms with E-state index in [1.54, 1.807) is 0 Å². The van der Waals surface area contributed by atoms with Crippen molar-refractivity contribution >= 4 is 34.6 Å². The molecule has 0 saturated carbocycles. The van der Waals surface area contributed by atoms with Crippen LogP contribution < -0.4 is 15.4 Å². The normalized spacial score (nSPS) is 10.9. The third kappa shape index (κ3) is 7.71. The van der Waals surface area contributed by atoms with Gasteiger partial charge in [-0.25, -0.2) is 0 Å². The molecule has 0 aliphatic rings. The number of ether oxygens (including phenoxy) is 1. The van der Waals surface area contributed by atoms with Crippen LogP contribution in [0.25, 0.3) is 0 Å². The second-order valence-corrected chi connectivity index (χ2v) is 10.9. The highest BCUT2D eigenvalue weighted by atomic mass is 35.5. The highest BCUT2D eigenvalue weighted by Crippen LogP contribution is 2.32. The molecule has 0 atom stereocenters. The van der Waals surface area contributed by atoms with E-state index in [1.807, 2.05) is 43.3 Å². The van der Waals surface area contributed by atoms with E-state index in [-0.39, 0.29) is 0 Å². The molecule has 3 nitrogen and oxygen atoms in total. The number of anilines is 2. The lowest BCUT2D eigenvalue weighted by Crippen LogP contribution is -2.09. The van der Waals surface area contributed by atoms with Crippen LogP contribution in [0, 0.1) is 20.8 Å². The molecular weight excluding hydrogens is 523 g/mol. The number of aryl methyl sites for hydroxylation is 3. The Kier molecular flexibility index (Phi) is 10.2. The van der Waals surface area contributed by atoms with Crippen molar-refractivity contribution in [3.63, 3.8) is 0 Å². The van der Waals surface area contributed by atoms with Crippen molar-refractivity contribution in [1.82, 2.24) is 0 Å². The molecule has 204 valence electrons. The molecule has 0 bridgehead atoms. The van der Waals surface area contributed by atoms with Crippen LogP contribution in [0.15, 0.2) is 72.8 Å². The summed E-state index contributed by atoms with van der Waals surface area (Å²) in [5, 5.41) is 8.86. The SMILES string of the molecule is CCOc1cc(Cc2cc(C)c(NCCc3ccccc3Cl)c(C)c2)cc(C)c1NCCc1ccccc1Cl. The van der Waals surface area contributed by atoms with E-state index < -0.39 is 0 Å². The Labute approximate surface area is 243 Å². The third-order valence-corrected chi connectivity index (χ3v) is 7.71. The van der Waals surface area contributed by atoms with Crippen LogP contribution in [0.5, 0.6) is 5.75 Å². The zero-order valence-corrected chi connectivity index (χ0v) is 24.8. The van der Waals surface area contributed by atoms with Gasteiger partial charge in [0.05, 0.1) is 12.3 Å². The summed E-state index contributed by atoms with van der Waals surface area (Å²) in [6.45, 7) is 10.8. The Morgan fingerprint density at radius 1 is 0.641 bits per heavy atom. The maximum absolute atomic E-state index is 6.34. The van der Waals surface area contributed by atoms with Gasteiger partial charge in [0.2, 0.25) is 0 Å². The molecule has 0 aliphatic carbocycles. The van der Waals surface area contributed by atoms with Gasteiger partial charge in [0.15, 0.2) is 0 Å². The van der Waals surface area contributed by atoms with Gasteiger partial charge in [-0.15, -0.1) is 0 Å². The molecule has 4 rings (SSSR count). The lowest BCUT2D eigenvalue weighted by atomic mass is 9.97. The summed E-state index contributed by atoms with van der Waals surface area (Å²) < 4.78 is 6.07. The first-order valence-corrected chi connectivity index (χ1v) is 14.4. The molecule has 5 heteroatoms. The van der Waals surface area contributed by atoms with Gasteiger partial charge in [-0.1, -0.05) is 77.8 Å². The van der Waals surface area contributed by atoms with Gasteiger partial charge in [0, 0.05) is 28.8 Å². The number of benzene rings is 4. The van der Waals surface area contributed by atoms with E-state index in [0.717, 1.165) is 59.4 Å². The summed E-state index contributed by atoms with van der Waals surface area (Å²) in [5.74, 6) is 0.901. The Bertz CT molecular complexity index is 1390. The molecule has 2 N–H and O–H groups in total. The number of halogens is 2. The van der Waals surface area contributed by atoms with Crippen molar-refractivity contribution in [2.45, 2.75) is 47.0 Å². The molecule has 0 radical (unpaired) electrons. The lowest BCUT2D eigenvalue weighted by molar-refractivity contribution is 0.341. The summed E-state index contributed by atoms with van der Waals surface area (Å²) in [5.41, 5.74) is 10.8. The van der Waals surface area contributed by atoms with Gasteiger partial charge in [-0.3, -0.25) is 0 Å². The third-order valence-electron chi connectivity index (χ3n) is 6.97. The van der Waals surface area contributed by atoms with Crippen LogP contribution in [-0.4, -0.2) is 19.7 Å². The Balaban J connectivity index is 1.44. The van der Waals surface area contributed by atoms with Crippen molar-refractivity contribution in [3.05, 3.63) is 122 Å².